The van der Waals surface area contributed by atoms with E-state index in [1.165, 1.54) is 0 Å². The van der Waals surface area contributed by atoms with Crippen molar-refractivity contribution in [1.29, 1.82) is 0 Å². The summed E-state index contributed by atoms with van der Waals surface area (Å²) in [6.07, 6.45) is 2.04. The summed E-state index contributed by atoms with van der Waals surface area (Å²) < 4.78 is 0. The van der Waals surface area contributed by atoms with E-state index in [-0.39, 0.29) is 5.91 Å². The van der Waals surface area contributed by atoms with E-state index in [1.54, 1.807) is 0 Å². The molecule has 0 rings (SSSR count). The lowest BCUT2D eigenvalue weighted by Gasteiger charge is -2.11. The highest BCUT2D eigenvalue weighted by Gasteiger charge is 2.15. The highest BCUT2D eigenvalue weighted by molar-refractivity contribution is 5.86. The monoisotopic (exact) mass is 188 g/mol. The first-order chi connectivity index (χ1) is 6.11. The number of hydrogen-bond acceptors (Lipinski definition) is 3. The van der Waals surface area contributed by atoms with Gasteiger partial charge in [0.25, 0.3) is 0 Å². The zero-order chi connectivity index (χ0) is 10.3. The van der Waals surface area contributed by atoms with Crippen LogP contribution in [0.2, 0.25) is 0 Å². The zero-order valence-electron chi connectivity index (χ0n) is 7.75. The van der Waals surface area contributed by atoms with Crippen LogP contribution in [-0.2, 0) is 9.59 Å². The summed E-state index contributed by atoms with van der Waals surface area (Å²) in [5.41, 5.74) is 4.91. The molecule has 5 heteroatoms. The maximum absolute atomic E-state index is 11.0. The van der Waals surface area contributed by atoms with Crippen molar-refractivity contribution in [3.05, 3.63) is 0 Å². The number of carbonyl (C=O) groups excluding carboxylic acids is 2. The first kappa shape index (κ1) is 11.9. The van der Waals surface area contributed by atoms with Gasteiger partial charge in [0.2, 0.25) is 11.8 Å². The van der Waals surface area contributed by atoms with E-state index in [4.69, 9.17) is 10.8 Å². The molecule has 0 saturated carbocycles. The molecule has 13 heavy (non-hydrogen) atoms. The molecule has 0 aromatic carbocycles. The maximum atomic E-state index is 11.0. The summed E-state index contributed by atoms with van der Waals surface area (Å²) in [4.78, 5) is 21.6. The van der Waals surface area contributed by atoms with Gasteiger partial charge in [0, 0.05) is 6.42 Å². The number of nitrogens with two attached hydrogens (primary N) is 1. The molecular weight excluding hydrogens is 172 g/mol. The largest absolute Gasteiger partial charge is 0.394 e. The Morgan fingerprint density at radius 2 is 2.15 bits per heavy atom. The van der Waals surface area contributed by atoms with Gasteiger partial charge < -0.3 is 16.2 Å². The van der Waals surface area contributed by atoms with Gasteiger partial charge in [-0.2, -0.15) is 0 Å². The molecule has 5 nitrogen and oxygen atoms in total. The van der Waals surface area contributed by atoms with Crippen LogP contribution in [0.5, 0.6) is 0 Å². The molecule has 0 radical (unpaired) electrons. The van der Waals surface area contributed by atoms with Gasteiger partial charge in [0.1, 0.15) is 6.04 Å². The number of hydrogen-bond donors (Lipinski definition) is 3. The fourth-order valence-corrected chi connectivity index (χ4v) is 0.811. The Labute approximate surface area is 77.3 Å². The van der Waals surface area contributed by atoms with E-state index in [2.05, 4.69) is 5.32 Å². The summed E-state index contributed by atoms with van der Waals surface area (Å²) in [5.74, 6) is -0.966. The molecule has 76 valence electrons. The quantitative estimate of drug-likeness (QED) is 0.506. The first-order valence-electron chi connectivity index (χ1n) is 4.31. The number of aliphatic hydroxyl groups is 1. The minimum absolute atomic E-state index is 0.250. The summed E-state index contributed by atoms with van der Waals surface area (Å²) in [6, 6.07) is -0.954. The Balaban J connectivity index is 3.80. The fourth-order valence-electron chi connectivity index (χ4n) is 0.811. The second-order valence-corrected chi connectivity index (χ2v) is 2.81. The molecule has 0 aliphatic carbocycles. The smallest absolute Gasteiger partial charge is 0.242 e. The van der Waals surface area contributed by atoms with Crippen LogP contribution in [0.1, 0.15) is 26.2 Å². The van der Waals surface area contributed by atoms with Gasteiger partial charge in [0.15, 0.2) is 0 Å². The summed E-state index contributed by atoms with van der Waals surface area (Å²) in [7, 11) is 0. The van der Waals surface area contributed by atoms with E-state index < -0.39 is 18.6 Å². The van der Waals surface area contributed by atoms with Gasteiger partial charge >= 0.3 is 0 Å². The number of carbonyl (C=O) groups is 2. The molecule has 2 amide bonds. The van der Waals surface area contributed by atoms with Crippen LogP contribution in [0.4, 0.5) is 0 Å². The van der Waals surface area contributed by atoms with Crippen molar-refractivity contribution in [2.24, 2.45) is 5.73 Å². The minimum atomic E-state index is -0.954. The van der Waals surface area contributed by atoms with E-state index >= 15 is 0 Å². The third-order valence-electron chi connectivity index (χ3n) is 1.62. The SMILES string of the molecule is CCCCC(=O)NC(CO)C(N)=O. The number of primary amides is 1. The normalized spacial score (nSPS) is 12.2. The third-order valence-corrected chi connectivity index (χ3v) is 1.62. The topological polar surface area (TPSA) is 92.4 Å². The van der Waals surface area contributed by atoms with Crippen molar-refractivity contribution in [2.75, 3.05) is 6.61 Å². The Bertz CT molecular complexity index is 182. The lowest BCUT2D eigenvalue weighted by molar-refractivity contribution is -0.128. The van der Waals surface area contributed by atoms with Crippen LogP contribution in [0.3, 0.4) is 0 Å². The average molecular weight is 188 g/mol. The van der Waals surface area contributed by atoms with Crippen molar-refractivity contribution >= 4 is 11.8 Å². The van der Waals surface area contributed by atoms with Crippen molar-refractivity contribution in [2.45, 2.75) is 32.2 Å². The van der Waals surface area contributed by atoms with Gasteiger partial charge in [-0.3, -0.25) is 9.59 Å². The van der Waals surface area contributed by atoms with Crippen molar-refractivity contribution in [1.82, 2.24) is 5.32 Å². The molecule has 0 aliphatic heterocycles. The highest BCUT2D eigenvalue weighted by Crippen LogP contribution is 1.94. The van der Waals surface area contributed by atoms with Crippen LogP contribution < -0.4 is 11.1 Å². The summed E-state index contributed by atoms with van der Waals surface area (Å²) >= 11 is 0. The molecule has 4 N–H and O–H groups in total. The van der Waals surface area contributed by atoms with Crippen LogP contribution in [0, 0.1) is 0 Å². The van der Waals surface area contributed by atoms with Crippen molar-refractivity contribution in [3.63, 3.8) is 0 Å². The molecule has 0 spiro atoms. The number of unbranched alkanes of at least 4 members (excludes halogenated alkanes) is 1. The van der Waals surface area contributed by atoms with E-state index in [9.17, 15) is 9.59 Å². The van der Waals surface area contributed by atoms with Gasteiger partial charge in [-0.1, -0.05) is 13.3 Å². The molecular formula is C8H16N2O3. The van der Waals surface area contributed by atoms with Crippen LogP contribution in [0.25, 0.3) is 0 Å². The Morgan fingerprint density at radius 1 is 1.54 bits per heavy atom. The predicted octanol–water partition coefficient (Wildman–Crippen LogP) is -0.861. The van der Waals surface area contributed by atoms with Crippen LogP contribution in [-0.4, -0.2) is 29.6 Å². The molecule has 1 unspecified atom stereocenters. The van der Waals surface area contributed by atoms with Gasteiger partial charge in [0.05, 0.1) is 6.61 Å². The van der Waals surface area contributed by atoms with Gasteiger partial charge in [-0.05, 0) is 6.42 Å². The Kier molecular flexibility index (Phi) is 5.88. The van der Waals surface area contributed by atoms with Gasteiger partial charge in [-0.25, -0.2) is 0 Å². The van der Waals surface area contributed by atoms with Crippen molar-refractivity contribution in [3.8, 4) is 0 Å². The Morgan fingerprint density at radius 3 is 2.54 bits per heavy atom. The number of nitrogens with one attached hydrogen (secondary N) is 1. The molecule has 0 bridgehead atoms. The molecule has 1 atom stereocenters. The number of rotatable bonds is 6. The molecule has 0 aromatic heterocycles. The Hall–Kier alpha value is -1.10. The average Bonchev–Trinajstić information content (AvgIpc) is 2.10. The summed E-state index contributed by atoms with van der Waals surface area (Å²) in [6.45, 7) is 1.51. The molecule has 0 fully saturated rings. The molecule has 0 heterocycles. The molecule has 0 aliphatic rings. The van der Waals surface area contributed by atoms with Crippen molar-refractivity contribution < 1.29 is 14.7 Å². The second-order valence-electron chi connectivity index (χ2n) is 2.81. The fraction of sp³-hybridized carbons (Fsp3) is 0.750. The van der Waals surface area contributed by atoms with Crippen LogP contribution in [0.15, 0.2) is 0 Å². The van der Waals surface area contributed by atoms with E-state index in [0.29, 0.717) is 6.42 Å². The lowest BCUT2D eigenvalue weighted by Crippen LogP contribution is -2.46. The summed E-state index contributed by atoms with van der Waals surface area (Å²) in [5, 5.41) is 11.0. The minimum Gasteiger partial charge on any atom is -0.394 e. The number of amides is 2. The maximum Gasteiger partial charge on any atom is 0.242 e. The van der Waals surface area contributed by atoms with Gasteiger partial charge in [-0.15, -0.1) is 0 Å². The zero-order valence-corrected chi connectivity index (χ0v) is 7.75. The standard InChI is InChI=1S/C8H16N2O3/c1-2-3-4-7(12)10-6(5-11)8(9)13/h6,11H,2-5H2,1H3,(H2,9,13)(H,10,12). The third kappa shape index (κ3) is 5.19. The molecule has 0 aromatic rings. The predicted molar refractivity (Wildman–Crippen MR) is 47.7 cm³/mol. The number of aliphatic hydroxyl groups excluding tert-OH is 1. The lowest BCUT2D eigenvalue weighted by atomic mass is 10.2. The second kappa shape index (κ2) is 6.42. The van der Waals surface area contributed by atoms with E-state index in [1.807, 2.05) is 6.92 Å². The molecule has 0 saturated heterocycles. The first-order valence-corrected chi connectivity index (χ1v) is 4.31. The van der Waals surface area contributed by atoms with Crippen LogP contribution >= 0.6 is 0 Å². The van der Waals surface area contributed by atoms with E-state index in [0.717, 1.165) is 12.8 Å². The highest BCUT2D eigenvalue weighted by atomic mass is 16.3.